The number of benzene rings is 1. The van der Waals surface area contributed by atoms with Gasteiger partial charge in [-0.2, -0.15) is 0 Å². The lowest BCUT2D eigenvalue weighted by molar-refractivity contribution is -0.129. The summed E-state index contributed by atoms with van der Waals surface area (Å²) >= 11 is 7.42. The van der Waals surface area contributed by atoms with Crippen molar-refractivity contribution in [1.82, 2.24) is 10.3 Å². The lowest BCUT2D eigenvalue weighted by atomic mass is 10.1. The van der Waals surface area contributed by atoms with E-state index >= 15 is 0 Å². The van der Waals surface area contributed by atoms with Gasteiger partial charge in [0.05, 0.1) is 26.0 Å². The van der Waals surface area contributed by atoms with E-state index in [1.165, 1.54) is 11.3 Å². The third-order valence-corrected chi connectivity index (χ3v) is 5.59. The number of carbonyl (C=O) groups excluding carboxylic acids is 2. The quantitative estimate of drug-likeness (QED) is 0.643. The van der Waals surface area contributed by atoms with Crippen molar-refractivity contribution in [2.75, 3.05) is 0 Å². The molecule has 0 aliphatic heterocycles. The summed E-state index contributed by atoms with van der Waals surface area (Å²) in [4.78, 5) is 30.4. The molecule has 1 aliphatic carbocycles. The number of fused-ring (bicyclic) bond motifs is 1. The van der Waals surface area contributed by atoms with E-state index in [4.69, 9.17) is 16.3 Å². The van der Waals surface area contributed by atoms with Gasteiger partial charge in [-0.05, 0) is 44.0 Å². The summed E-state index contributed by atoms with van der Waals surface area (Å²) in [5.41, 5.74) is 1.71. The number of para-hydroxylation sites is 1. The van der Waals surface area contributed by atoms with Crippen LogP contribution in [0.25, 0.3) is 21.5 Å². The molecule has 1 fully saturated rings. The summed E-state index contributed by atoms with van der Waals surface area (Å²) in [6, 6.07) is 12.9. The predicted octanol–water partition coefficient (Wildman–Crippen LogP) is 4.44. The number of esters is 1. The van der Waals surface area contributed by atoms with Gasteiger partial charge >= 0.3 is 5.97 Å². The topological polar surface area (TPSA) is 68.3 Å². The Hall–Kier alpha value is -2.44. The number of hydrogen-bond acceptors (Lipinski definition) is 5. The van der Waals surface area contributed by atoms with Crippen LogP contribution in [0.15, 0.2) is 42.5 Å². The van der Waals surface area contributed by atoms with Crippen molar-refractivity contribution in [3.8, 4) is 10.6 Å². The molecule has 27 heavy (non-hydrogen) atoms. The van der Waals surface area contributed by atoms with Crippen molar-refractivity contribution in [2.45, 2.75) is 31.9 Å². The fraction of sp³-hybridized carbons (Fsp3) is 0.250. The van der Waals surface area contributed by atoms with Crippen LogP contribution in [-0.2, 0) is 9.53 Å². The number of halogens is 1. The third kappa shape index (κ3) is 3.96. The number of aromatic nitrogens is 1. The van der Waals surface area contributed by atoms with E-state index in [1.807, 2.05) is 30.3 Å². The van der Waals surface area contributed by atoms with E-state index in [2.05, 4.69) is 10.3 Å². The Morgan fingerprint density at radius 2 is 2.04 bits per heavy atom. The van der Waals surface area contributed by atoms with Crippen LogP contribution in [0.4, 0.5) is 0 Å². The van der Waals surface area contributed by atoms with Gasteiger partial charge in [-0.15, -0.1) is 11.3 Å². The molecule has 0 bridgehead atoms. The standard InChI is InChI=1S/C20H17ClN2O3S/c1-11(19(24)22-12-6-7-12)26-20(25)14-10-16(17-8-9-18(21)27-17)23-15-5-3-2-4-13(14)15/h2-5,8-12H,6-7H2,1H3,(H,22,24)/t11-/m0/s1. The first-order valence-corrected chi connectivity index (χ1v) is 9.87. The molecule has 0 spiro atoms. The van der Waals surface area contributed by atoms with E-state index in [0.29, 0.717) is 26.5 Å². The van der Waals surface area contributed by atoms with Gasteiger partial charge in [0.15, 0.2) is 6.10 Å². The number of ether oxygens (including phenoxy) is 1. The number of thiophene rings is 1. The molecule has 3 aromatic rings. The van der Waals surface area contributed by atoms with E-state index in [1.54, 1.807) is 19.1 Å². The molecule has 1 atom stereocenters. The highest BCUT2D eigenvalue weighted by Crippen LogP contribution is 2.32. The fourth-order valence-corrected chi connectivity index (χ4v) is 3.75. The Bertz CT molecular complexity index is 1030. The van der Waals surface area contributed by atoms with Gasteiger partial charge in [-0.25, -0.2) is 9.78 Å². The van der Waals surface area contributed by atoms with Crippen molar-refractivity contribution >= 4 is 45.7 Å². The Kier molecular flexibility index (Phi) is 4.85. The van der Waals surface area contributed by atoms with Crippen LogP contribution >= 0.6 is 22.9 Å². The second-order valence-electron chi connectivity index (χ2n) is 6.51. The average molecular weight is 401 g/mol. The molecule has 1 aromatic carbocycles. The van der Waals surface area contributed by atoms with Gasteiger partial charge in [-0.1, -0.05) is 29.8 Å². The number of nitrogens with zero attached hydrogens (tertiary/aromatic N) is 1. The summed E-state index contributed by atoms with van der Waals surface area (Å²) < 4.78 is 6.08. The highest BCUT2D eigenvalue weighted by molar-refractivity contribution is 7.19. The summed E-state index contributed by atoms with van der Waals surface area (Å²) in [6.45, 7) is 1.58. The molecular weight excluding hydrogens is 384 g/mol. The molecular formula is C20H17ClN2O3S. The Labute approximate surface area is 165 Å². The first-order valence-electron chi connectivity index (χ1n) is 8.68. The molecule has 1 aliphatic rings. The number of rotatable bonds is 5. The van der Waals surface area contributed by atoms with Crippen molar-refractivity contribution in [3.05, 3.63) is 52.4 Å². The molecule has 4 rings (SSSR count). The Balaban J connectivity index is 1.66. The molecule has 0 unspecified atom stereocenters. The zero-order chi connectivity index (χ0) is 19.0. The maximum Gasteiger partial charge on any atom is 0.339 e. The van der Waals surface area contributed by atoms with Gasteiger partial charge in [-0.3, -0.25) is 4.79 Å². The molecule has 138 valence electrons. The molecule has 2 heterocycles. The SMILES string of the molecule is C[C@H](OC(=O)c1cc(-c2ccc(Cl)s2)nc2ccccc12)C(=O)NC1CC1. The minimum atomic E-state index is -0.857. The molecule has 5 nitrogen and oxygen atoms in total. The smallest absolute Gasteiger partial charge is 0.339 e. The van der Waals surface area contributed by atoms with Gasteiger partial charge in [0.2, 0.25) is 0 Å². The average Bonchev–Trinajstić information content (AvgIpc) is 3.37. The van der Waals surface area contributed by atoms with Crippen LogP contribution in [0.3, 0.4) is 0 Å². The first-order chi connectivity index (χ1) is 13.0. The molecule has 0 saturated heterocycles. The number of pyridine rings is 1. The Morgan fingerprint density at radius 3 is 2.74 bits per heavy atom. The maximum atomic E-state index is 12.8. The summed E-state index contributed by atoms with van der Waals surface area (Å²) in [7, 11) is 0. The summed E-state index contributed by atoms with van der Waals surface area (Å²) in [6.07, 6.45) is 1.10. The highest BCUT2D eigenvalue weighted by Gasteiger charge is 2.28. The van der Waals surface area contributed by atoms with E-state index in [-0.39, 0.29) is 11.9 Å². The minimum Gasteiger partial charge on any atom is -0.449 e. The van der Waals surface area contributed by atoms with Crippen LogP contribution < -0.4 is 5.32 Å². The van der Waals surface area contributed by atoms with Crippen molar-refractivity contribution < 1.29 is 14.3 Å². The van der Waals surface area contributed by atoms with E-state index in [0.717, 1.165) is 17.7 Å². The lowest BCUT2D eigenvalue weighted by Crippen LogP contribution is -2.37. The van der Waals surface area contributed by atoms with Crippen molar-refractivity contribution in [3.63, 3.8) is 0 Å². The number of nitrogens with one attached hydrogen (secondary N) is 1. The highest BCUT2D eigenvalue weighted by atomic mass is 35.5. The monoisotopic (exact) mass is 400 g/mol. The van der Waals surface area contributed by atoms with Crippen LogP contribution in [0.1, 0.15) is 30.1 Å². The molecule has 0 radical (unpaired) electrons. The van der Waals surface area contributed by atoms with Gasteiger partial charge in [0.25, 0.3) is 5.91 Å². The zero-order valence-corrected chi connectivity index (χ0v) is 16.1. The normalized spacial score (nSPS) is 14.7. The molecule has 7 heteroatoms. The third-order valence-electron chi connectivity index (χ3n) is 4.34. The molecule has 1 amide bonds. The van der Waals surface area contributed by atoms with Gasteiger partial charge in [0, 0.05) is 11.4 Å². The molecule has 2 aromatic heterocycles. The number of amides is 1. The van der Waals surface area contributed by atoms with Crippen LogP contribution in [0.5, 0.6) is 0 Å². The van der Waals surface area contributed by atoms with Crippen molar-refractivity contribution in [1.29, 1.82) is 0 Å². The lowest BCUT2D eigenvalue weighted by Gasteiger charge is -2.14. The molecule has 1 N–H and O–H groups in total. The second-order valence-corrected chi connectivity index (χ2v) is 8.22. The van der Waals surface area contributed by atoms with Gasteiger partial charge < -0.3 is 10.1 Å². The van der Waals surface area contributed by atoms with Crippen LogP contribution in [0, 0.1) is 0 Å². The predicted molar refractivity (Wildman–Crippen MR) is 106 cm³/mol. The maximum absolute atomic E-state index is 12.8. The minimum absolute atomic E-state index is 0.218. The fourth-order valence-electron chi connectivity index (χ4n) is 2.75. The number of carbonyl (C=O) groups is 2. The second kappa shape index (κ2) is 7.29. The van der Waals surface area contributed by atoms with Gasteiger partial charge in [0.1, 0.15) is 0 Å². The largest absolute Gasteiger partial charge is 0.449 e. The first kappa shape index (κ1) is 17.9. The summed E-state index contributed by atoms with van der Waals surface area (Å²) in [5.74, 6) is -0.814. The van der Waals surface area contributed by atoms with Crippen molar-refractivity contribution in [2.24, 2.45) is 0 Å². The number of hydrogen-bond donors (Lipinski definition) is 1. The zero-order valence-electron chi connectivity index (χ0n) is 14.6. The molecule has 1 saturated carbocycles. The Morgan fingerprint density at radius 1 is 1.26 bits per heavy atom. The van der Waals surface area contributed by atoms with Crippen LogP contribution in [-0.4, -0.2) is 29.0 Å². The van der Waals surface area contributed by atoms with E-state index < -0.39 is 12.1 Å². The van der Waals surface area contributed by atoms with Crippen LogP contribution in [0.2, 0.25) is 4.34 Å². The summed E-state index contributed by atoms with van der Waals surface area (Å²) in [5, 5.41) is 3.53. The van der Waals surface area contributed by atoms with E-state index in [9.17, 15) is 9.59 Å².